The van der Waals surface area contributed by atoms with E-state index in [0.717, 1.165) is 12.0 Å². The van der Waals surface area contributed by atoms with Crippen molar-refractivity contribution in [2.45, 2.75) is 30.6 Å². The van der Waals surface area contributed by atoms with Crippen molar-refractivity contribution in [3.05, 3.63) is 107 Å². The molecule has 0 unspecified atom stereocenters. The molecule has 0 bridgehead atoms. The summed E-state index contributed by atoms with van der Waals surface area (Å²) in [5.41, 5.74) is 4.07. The first-order valence-corrected chi connectivity index (χ1v) is 9.42. The molecule has 1 saturated heterocycles. The number of rotatable bonds is 2. The number of hydrogen-bond donors (Lipinski definition) is 1. The molecule has 2 aliphatic rings. The molecule has 3 heteroatoms. The van der Waals surface area contributed by atoms with Gasteiger partial charge in [-0.05, 0) is 22.3 Å². The highest BCUT2D eigenvalue weighted by molar-refractivity contribution is 5.84. The van der Waals surface area contributed by atoms with Gasteiger partial charge in [0.1, 0.15) is 5.72 Å². The van der Waals surface area contributed by atoms with Crippen LogP contribution in [0.4, 0.5) is 0 Å². The first-order chi connectivity index (χ1) is 13.2. The Hall–Kier alpha value is -2.91. The fourth-order valence-electron chi connectivity index (χ4n) is 4.47. The highest BCUT2D eigenvalue weighted by Crippen LogP contribution is 2.45. The Kier molecular flexibility index (Phi) is 3.83. The van der Waals surface area contributed by atoms with E-state index in [1.807, 2.05) is 36.4 Å². The van der Waals surface area contributed by atoms with Crippen molar-refractivity contribution >= 4 is 5.91 Å². The maximum atomic E-state index is 12.8. The first-order valence-electron chi connectivity index (χ1n) is 9.42. The molecule has 1 N–H and O–H groups in total. The highest BCUT2D eigenvalue weighted by Gasteiger charge is 2.49. The van der Waals surface area contributed by atoms with Gasteiger partial charge in [-0.2, -0.15) is 0 Å². The summed E-state index contributed by atoms with van der Waals surface area (Å²) in [6.07, 6.45) is 0.887. The molecule has 1 aliphatic heterocycles. The topological polar surface area (TPSA) is 38.3 Å². The van der Waals surface area contributed by atoms with Gasteiger partial charge in [0.2, 0.25) is 0 Å². The molecular formula is C24H21NO2. The van der Waals surface area contributed by atoms with Crippen LogP contribution in [0.2, 0.25) is 0 Å². The molecule has 3 nitrogen and oxygen atoms in total. The van der Waals surface area contributed by atoms with Crippen molar-refractivity contribution in [3.8, 4) is 0 Å². The van der Waals surface area contributed by atoms with Crippen LogP contribution in [0.3, 0.4) is 0 Å². The fourth-order valence-corrected chi connectivity index (χ4v) is 4.47. The smallest absolute Gasteiger partial charge is 0.256 e. The quantitative estimate of drug-likeness (QED) is 0.742. The summed E-state index contributed by atoms with van der Waals surface area (Å²) in [6.45, 7) is 0. The van der Waals surface area contributed by atoms with E-state index in [-0.39, 0.29) is 11.8 Å². The molecular weight excluding hydrogens is 334 g/mol. The van der Waals surface area contributed by atoms with Crippen LogP contribution >= 0.6 is 0 Å². The molecule has 1 aliphatic carbocycles. The van der Waals surface area contributed by atoms with Crippen LogP contribution in [0, 0.1) is 0 Å². The van der Waals surface area contributed by atoms with E-state index < -0.39 is 11.8 Å². The van der Waals surface area contributed by atoms with Crippen LogP contribution < -0.4 is 5.32 Å². The van der Waals surface area contributed by atoms with Gasteiger partial charge in [-0.1, -0.05) is 84.9 Å². The Morgan fingerprint density at radius 3 is 2.19 bits per heavy atom. The van der Waals surface area contributed by atoms with Gasteiger partial charge in [-0.15, -0.1) is 0 Å². The monoisotopic (exact) mass is 355 g/mol. The molecule has 3 aromatic carbocycles. The summed E-state index contributed by atoms with van der Waals surface area (Å²) in [4.78, 5) is 12.8. The van der Waals surface area contributed by atoms with E-state index >= 15 is 0 Å². The number of benzene rings is 3. The minimum Gasteiger partial charge on any atom is -0.338 e. The van der Waals surface area contributed by atoms with Crippen LogP contribution in [-0.2, 0) is 16.0 Å². The van der Waals surface area contributed by atoms with Gasteiger partial charge in [0.15, 0.2) is 6.10 Å². The summed E-state index contributed by atoms with van der Waals surface area (Å²) in [5.74, 6) is 0.151. The van der Waals surface area contributed by atoms with Crippen molar-refractivity contribution < 1.29 is 9.53 Å². The zero-order valence-corrected chi connectivity index (χ0v) is 15.0. The second-order valence-corrected chi connectivity index (χ2v) is 7.44. The second kappa shape index (κ2) is 6.36. The molecule has 3 aromatic rings. The molecule has 1 amide bonds. The lowest BCUT2D eigenvalue weighted by Crippen LogP contribution is -2.48. The molecule has 0 saturated carbocycles. The third kappa shape index (κ3) is 2.84. The van der Waals surface area contributed by atoms with Crippen LogP contribution in [0.5, 0.6) is 0 Å². The largest absolute Gasteiger partial charge is 0.338 e. The fraction of sp³-hybridized carbons (Fsp3) is 0.208. The number of carbonyl (C=O) groups excluding carboxylic acids is 1. The van der Waals surface area contributed by atoms with E-state index in [9.17, 15) is 4.79 Å². The zero-order chi connectivity index (χ0) is 18.3. The molecule has 27 heavy (non-hydrogen) atoms. The summed E-state index contributed by atoms with van der Waals surface area (Å²) in [7, 11) is 0. The molecule has 5 rings (SSSR count). The lowest BCUT2D eigenvalue weighted by molar-refractivity contribution is -0.124. The van der Waals surface area contributed by atoms with Crippen LogP contribution in [0.1, 0.15) is 40.7 Å². The van der Waals surface area contributed by atoms with E-state index in [1.54, 1.807) is 0 Å². The summed E-state index contributed by atoms with van der Waals surface area (Å²) in [5, 5.41) is 3.20. The molecule has 1 fully saturated rings. The Labute approximate surface area is 159 Å². The standard InChI is InChI=1S/C24H21NO2/c26-23-22(18-11-5-2-6-12-18)27-24(25-23)15-19-13-7-8-14-20(19)21(16-24)17-9-3-1-4-10-17/h1-14,21-22H,15-16H2,(H,25,26)/t21-,22+,24-/m1/s1. The minimum atomic E-state index is -0.660. The zero-order valence-electron chi connectivity index (χ0n) is 15.0. The summed E-state index contributed by atoms with van der Waals surface area (Å²) >= 11 is 0. The second-order valence-electron chi connectivity index (χ2n) is 7.44. The van der Waals surface area contributed by atoms with Crippen molar-refractivity contribution in [1.82, 2.24) is 5.32 Å². The third-order valence-corrected chi connectivity index (χ3v) is 5.68. The number of fused-ring (bicyclic) bond motifs is 1. The number of ether oxygens (including phenoxy) is 1. The summed E-state index contributed by atoms with van der Waals surface area (Å²) < 4.78 is 6.44. The lowest BCUT2D eigenvalue weighted by Gasteiger charge is -2.39. The van der Waals surface area contributed by atoms with Crippen molar-refractivity contribution in [1.29, 1.82) is 0 Å². The van der Waals surface area contributed by atoms with Gasteiger partial charge in [-0.25, -0.2) is 0 Å². The van der Waals surface area contributed by atoms with Crippen molar-refractivity contribution in [2.24, 2.45) is 0 Å². The molecule has 0 radical (unpaired) electrons. The average molecular weight is 355 g/mol. The Morgan fingerprint density at radius 2 is 1.44 bits per heavy atom. The number of amides is 1. The summed E-state index contributed by atoms with van der Waals surface area (Å²) in [6, 6.07) is 28.7. The van der Waals surface area contributed by atoms with Crippen LogP contribution in [0.15, 0.2) is 84.9 Å². The molecule has 1 spiro atoms. The van der Waals surface area contributed by atoms with E-state index in [4.69, 9.17) is 4.74 Å². The number of carbonyl (C=O) groups is 1. The molecule has 3 atom stereocenters. The van der Waals surface area contributed by atoms with Crippen molar-refractivity contribution in [2.75, 3.05) is 0 Å². The van der Waals surface area contributed by atoms with Crippen molar-refractivity contribution in [3.63, 3.8) is 0 Å². The van der Waals surface area contributed by atoms with E-state index in [1.165, 1.54) is 16.7 Å². The van der Waals surface area contributed by atoms with E-state index in [2.05, 4.69) is 53.8 Å². The van der Waals surface area contributed by atoms with E-state index in [0.29, 0.717) is 6.42 Å². The van der Waals surface area contributed by atoms with Gasteiger partial charge in [-0.3, -0.25) is 4.79 Å². The maximum absolute atomic E-state index is 12.8. The Balaban J connectivity index is 1.54. The van der Waals surface area contributed by atoms with Crippen LogP contribution in [-0.4, -0.2) is 11.6 Å². The predicted molar refractivity (Wildman–Crippen MR) is 104 cm³/mol. The van der Waals surface area contributed by atoms with Gasteiger partial charge < -0.3 is 10.1 Å². The van der Waals surface area contributed by atoms with Gasteiger partial charge in [0.25, 0.3) is 5.91 Å². The van der Waals surface area contributed by atoms with Gasteiger partial charge >= 0.3 is 0 Å². The third-order valence-electron chi connectivity index (χ3n) is 5.68. The molecule has 1 heterocycles. The SMILES string of the molecule is O=C1N[C@]2(Cc3ccccc3[C@@H](c3ccccc3)C2)O[C@H]1c1ccccc1. The minimum absolute atomic E-state index is 0.0487. The molecule has 0 aromatic heterocycles. The van der Waals surface area contributed by atoms with Gasteiger partial charge in [0.05, 0.1) is 0 Å². The Bertz CT molecular complexity index is 970. The lowest BCUT2D eigenvalue weighted by atomic mass is 9.75. The first kappa shape index (κ1) is 16.3. The number of nitrogens with one attached hydrogen (secondary N) is 1. The van der Waals surface area contributed by atoms with Crippen LogP contribution in [0.25, 0.3) is 0 Å². The average Bonchev–Trinajstić information content (AvgIpc) is 3.04. The normalized spacial score (nSPS) is 26.6. The van der Waals surface area contributed by atoms with Gasteiger partial charge in [0, 0.05) is 18.8 Å². The maximum Gasteiger partial charge on any atom is 0.256 e. The Morgan fingerprint density at radius 1 is 0.815 bits per heavy atom. The number of hydrogen-bond acceptors (Lipinski definition) is 2. The predicted octanol–water partition coefficient (Wildman–Crippen LogP) is 4.35. The highest BCUT2D eigenvalue weighted by atomic mass is 16.5. The molecule has 134 valence electrons.